The number of hydrogen-bond donors (Lipinski definition) is 2. The SMILES string of the molecule is CC(C)(C)Oc1ccc(C(=O)NCc2ccc3c(c2F)CN(C2CCC(=O)NC2=O)C3=O)cc1. The van der Waals surface area contributed by atoms with Gasteiger partial charge in [-0.25, -0.2) is 4.39 Å². The summed E-state index contributed by atoms with van der Waals surface area (Å²) in [5.41, 5.74) is 0.654. The molecule has 1 unspecified atom stereocenters. The number of nitrogens with one attached hydrogen (secondary N) is 2. The van der Waals surface area contributed by atoms with Crippen molar-refractivity contribution in [3.8, 4) is 5.75 Å². The molecule has 8 nitrogen and oxygen atoms in total. The maximum atomic E-state index is 15.2. The van der Waals surface area contributed by atoms with Crippen LogP contribution in [0.2, 0.25) is 0 Å². The number of rotatable bonds is 5. The quantitative estimate of drug-likeness (QED) is 0.658. The molecule has 0 spiro atoms. The maximum absolute atomic E-state index is 15.2. The maximum Gasteiger partial charge on any atom is 0.255 e. The van der Waals surface area contributed by atoms with E-state index in [9.17, 15) is 19.2 Å². The van der Waals surface area contributed by atoms with Crippen molar-refractivity contribution in [3.63, 3.8) is 0 Å². The van der Waals surface area contributed by atoms with Crippen molar-refractivity contribution in [1.29, 1.82) is 0 Å². The molecule has 1 fully saturated rings. The Bertz CT molecular complexity index is 1170. The van der Waals surface area contributed by atoms with Gasteiger partial charge in [0, 0.05) is 35.2 Å². The Kier molecular flexibility index (Phi) is 6.12. The van der Waals surface area contributed by atoms with Crippen molar-refractivity contribution < 1.29 is 28.3 Å². The fraction of sp³-hybridized carbons (Fsp3) is 0.360. The highest BCUT2D eigenvalue weighted by Crippen LogP contribution is 2.30. The molecule has 2 aliphatic rings. The first kappa shape index (κ1) is 23.4. The molecular formula is C25H26FN3O5. The summed E-state index contributed by atoms with van der Waals surface area (Å²) in [4.78, 5) is 50.1. The molecule has 4 rings (SSSR count). The van der Waals surface area contributed by atoms with E-state index in [4.69, 9.17) is 4.74 Å². The van der Waals surface area contributed by atoms with Crippen LogP contribution in [0.25, 0.3) is 0 Å². The van der Waals surface area contributed by atoms with Crippen LogP contribution in [-0.2, 0) is 22.7 Å². The Hall–Kier alpha value is -3.75. The summed E-state index contributed by atoms with van der Waals surface area (Å²) in [6.45, 7) is 5.65. The van der Waals surface area contributed by atoms with Gasteiger partial charge in [0.2, 0.25) is 11.8 Å². The minimum atomic E-state index is -0.814. The number of ether oxygens (including phenoxy) is 1. The van der Waals surface area contributed by atoms with Crippen LogP contribution in [-0.4, -0.2) is 40.2 Å². The van der Waals surface area contributed by atoms with Gasteiger partial charge < -0.3 is 15.0 Å². The van der Waals surface area contributed by atoms with Crippen molar-refractivity contribution in [1.82, 2.24) is 15.5 Å². The van der Waals surface area contributed by atoms with E-state index in [-0.39, 0.29) is 60.0 Å². The highest BCUT2D eigenvalue weighted by molar-refractivity contribution is 6.05. The van der Waals surface area contributed by atoms with Crippen LogP contribution in [0.1, 0.15) is 65.5 Å². The molecule has 0 bridgehead atoms. The van der Waals surface area contributed by atoms with Crippen molar-refractivity contribution in [2.75, 3.05) is 0 Å². The number of benzene rings is 2. The molecule has 1 saturated heterocycles. The Morgan fingerprint density at radius 2 is 1.85 bits per heavy atom. The van der Waals surface area contributed by atoms with Gasteiger partial charge in [0.15, 0.2) is 0 Å². The van der Waals surface area contributed by atoms with E-state index in [1.807, 2.05) is 20.8 Å². The first-order chi connectivity index (χ1) is 16.0. The van der Waals surface area contributed by atoms with Crippen molar-refractivity contribution >= 4 is 23.6 Å². The molecule has 178 valence electrons. The minimum Gasteiger partial charge on any atom is -0.488 e. The summed E-state index contributed by atoms with van der Waals surface area (Å²) in [6, 6.07) is 8.81. The normalized spacial score (nSPS) is 17.9. The molecule has 2 aromatic carbocycles. The summed E-state index contributed by atoms with van der Waals surface area (Å²) in [5.74, 6) is -1.70. The smallest absolute Gasteiger partial charge is 0.255 e. The third-order valence-electron chi connectivity index (χ3n) is 5.71. The molecule has 1 atom stereocenters. The van der Waals surface area contributed by atoms with Crippen molar-refractivity contribution in [2.24, 2.45) is 0 Å². The number of halogens is 1. The summed E-state index contributed by atoms with van der Waals surface area (Å²) >= 11 is 0. The molecule has 0 saturated carbocycles. The second kappa shape index (κ2) is 8.89. The van der Waals surface area contributed by atoms with Gasteiger partial charge in [-0.2, -0.15) is 0 Å². The monoisotopic (exact) mass is 467 g/mol. The molecular weight excluding hydrogens is 441 g/mol. The average molecular weight is 467 g/mol. The highest BCUT2D eigenvalue weighted by atomic mass is 19.1. The third kappa shape index (κ3) is 4.78. The second-order valence-corrected chi connectivity index (χ2v) is 9.39. The van der Waals surface area contributed by atoms with Gasteiger partial charge in [0.25, 0.3) is 11.8 Å². The predicted molar refractivity (Wildman–Crippen MR) is 120 cm³/mol. The van der Waals surface area contributed by atoms with Gasteiger partial charge in [-0.05, 0) is 57.5 Å². The number of piperidine rings is 1. The first-order valence-electron chi connectivity index (χ1n) is 11.1. The molecule has 2 N–H and O–H groups in total. The average Bonchev–Trinajstić information content (AvgIpc) is 3.09. The minimum absolute atomic E-state index is 0.0647. The van der Waals surface area contributed by atoms with E-state index in [1.165, 1.54) is 17.0 Å². The number of fused-ring (bicyclic) bond motifs is 1. The zero-order chi connectivity index (χ0) is 24.6. The Morgan fingerprint density at radius 3 is 2.50 bits per heavy atom. The van der Waals surface area contributed by atoms with Gasteiger partial charge in [0.1, 0.15) is 23.2 Å². The lowest BCUT2D eigenvalue weighted by atomic mass is 10.0. The predicted octanol–water partition coefficient (Wildman–Crippen LogP) is 2.69. The lowest BCUT2D eigenvalue weighted by Gasteiger charge is -2.29. The summed E-state index contributed by atoms with van der Waals surface area (Å²) in [6.07, 6.45) is 0.327. The number of nitrogens with zero attached hydrogens (tertiary/aromatic N) is 1. The van der Waals surface area contributed by atoms with Crippen molar-refractivity contribution in [3.05, 3.63) is 64.5 Å². The van der Waals surface area contributed by atoms with Crippen LogP contribution in [0, 0.1) is 5.82 Å². The van der Waals surface area contributed by atoms with Gasteiger partial charge in [-0.3, -0.25) is 24.5 Å². The Labute approximate surface area is 196 Å². The summed E-state index contributed by atoms with van der Waals surface area (Å²) in [7, 11) is 0. The van der Waals surface area contributed by atoms with Gasteiger partial charge in [0.05, 0.1) is 6.54 Å². The van der Waals surface area contributed by atoms with E-state index < -0.39 is 23.7 Å². The van der Waals surface area contributed by atoms with E-state index in [0.29, 0.717) is 11.3 Å². The lowest BCUT2D eigenvalue weighted by Crippen LogP contribution is -2.52. The van der Waals surface area contributed by atoms with Gasteiger partial charge in [-0.15, -0.1) is 0 Å². The second-order valence-electron chi connectivity index (χ2n) is 9.39. The zero-order valence-electron chi connectivity index (χ0n) is 19.2. The molecule has 9 heteroatoms. The van der Waals surface area contributed by atoms with E-state index in [0.717, 1.165) is 0 Å². The Balaban J connectivity index is 1.43. The highest BCUT2D eigenvalue weighted by Gasteiger charge is 2.40. The van der Waals surface area contributed by atoms with Crippen LogP contribution in [0.3, 0.4) is 0 Å². The molecule has 0 radical (unpaired) electrons. The third-order valence-corrected chi connectivity index (χ3v) is 5.71. The number of imide groups is 1. The molecule has 2 aliphatic heterocycles. The fourth-order valence-corrected chi connectivity index (χ4v) is 4.09. The van der Waals surface area contributed by atoms with Crippen LogP contribution in [0.5, 0.6) is 5.75 Å². The number of amides is 4. The number of hydrogen-bond acceptors (Lipinski definition) is 5. The number of carbonyl (C=O) groups is 4. The molecule has 2 aromatic rings. The van der Waals surface area contributed by atoms with Gasteiger partial charge >= 0.3 is 0 Å². The molecule has 34 heavy (non-hydrogen) atoms. The standard InChI is InChI=1S/C25H26FN3O5/c1-25(2,3)34-16-7-4-14(5-8-16)22(31)27-12-15-6-9-17-18(21(15)26)13-29(24(17)33)19-10-11-20(30)28-23(19)32/h4-9,19H,10-13H2,1-3H3,(H,27,31)(H,28,30,32). The van der Waals surface area contributed by atoms with Crippen LogP contribution < -0.4 is 15.4 Å². The lowest BCUT2D eigenvalue weighted by molar-refractivity contribution is -0.136. The van der Waals surface area contributed by atoms with E-state index >= 15 is 4.39 Å². The number of carbonyl (C=O) groups excluding carboxylic acids is 4. The molecule has 0 aliphatic carbocycles. The molecule has 2 heterocycles. The Morgan fingerprint density at radius 1 is 1.15 bits per heavy atom. The first-order valence-corrected chi connectivity index (χ1v) is 11.1. The fourth-order valence-electron chi connectivity index (χ4n) is 4.09. The largest absolute Gasteiger partial charge is 0.488 e. The van der Waals surface area contributed by atoms with Gasteiger partial charge in [-0.1, -0.05) is 6.07 Å². The molecule has 0 aromatic heterocycles. The molecule has 4 amide bonds. The van der Waals surface area contributed by atoms with E-state index in [1.54, 1.807) is 24.3 Å². The topological polar surface area (TPSA) is 105 Å². The van der Waals surface area contributed by atoms with Crippen LogP contribution >= 0.6 is 0 Å². The van der Waals surface area contributed by atoms with Crippen molar-refractivity contribution in [2.45, 2.75) is 58.3 Å². The van der Waals surface area contributed by atoms with Crippen LogP contribution in [0.15, 0.2) is 36.4 Å². The summed E-state index contributed by atoms with van der Waals surface area (Å²) < 4.78 is 21.0. The zero-order valence-corrected chi connectivity index (χ0v) is 19.2. The van der Waals surface area contributed by atoms with E-state index in [2.05, 4.69) is 10.6 Å². The van der Waals surface area contributed by atoms with Crippen LogP contribution in [0.4, 0.5) is 4.39 Å². The summed E-state index contributed by atoms with van der Waals surface area (Å²) in [5, 5.41) is 4.91.